The Balaban J connectivity index is 1.60. The van der Waals surface area contributed by atoms with Gasteiger partial charge in [-0.3, -0.25) is 14.4 Å². The summed E-state index contributed by atoms with van der Waals surface area (Å²) in [5, 5.41) is 14.8. The van der Waals surface area contributed by atoms with Crippen molar-refractivity contribution in [2.24, 2.45) is 0 Å². The van der Waals surface area contributed by atoms with Crippen LogP contribution in [-0.2, 0) is 50.6 Å². The van der Waals surface area contributed by atoms with E-state index in [9.17, 15) is 19.5 Å². The van der Waals surface area contributed by atoms with Gasteiger partial charge in [0.25, 0.3) is 0 Å². The summed E-state index contributed by atoms with van der Waals surface area (Å²) >= 11 is 0. The number of aryl methyl sites for hydroxylation is 2. The van der Waals surface area contributed by atoms with E-state index in [-0.39, 0.29) is 36.4 Å². The molecule has 0 aliphatic carbocycles. The number of methoxy groups -OCH3 is 1. The first-order valence-corrected chi connectivity index (χ1v) is 29.9. The van der Waals surface area contributed by atoms with Crippen LogP contribution in [0.1, 0.15) is 199 Å². The van der Waals surface area contributed by atoms with E-state index in [0.717, 1.165) is 96.3 Å². The predicted molar refractivity (Wildman–Crippen MR) is 278 cm³/mol. The van der Waals surface area contributed by atoms with Gasteiger partial charge in [-0.1, -0.05) is 191 Å². The lowest BCUT2D eigenvalue weighted by atomic mass is 9.96. The van der Waals surface area contributed by atoms with E-state index in [1.165, 1.54) is 63.2 Å². The maximum absolute atomic E-state index is 14.0. The normalized spacial score (nSPS) is 19.1. The summed E-state index contributed by atoms with van der Waals surface area (Å²) in [5.41, 5.74) is 2.74. The van der Waals surface area contributed by atoms with Gasteiger partial charge in [-0.25, -0.2) is 0 Å². The van der Waals surface area contributed by atoms with Crippen molar-refractivity contribution >= 4 is 26.2 Å². The first-order valence-electron chi connectivity index (χ1n) is 27.0. The first kappa shape index (κ1) is 59.2. The van der Waals surface area contributed by atoms with E-state index < -0.39 is 51.0 Å². The average Bonchev–Trinajstić information content (AvgIpc) is 3.31. The molecule has 2 aromatic rings. The van der Waals surface area contributed by atoms with Crippen molar-refractivity contribution in [3.63, 3.8) is 0 Å². The lowest BCUT2D eigenvalue weighted by Crippen LogP contribution is -2.66. The number of esters is 2. The van der Waals surface area contributed by atoms with E-state index in [1.807, 2.05) is 6.07 Å². The molecule has 10 nitrogen and oxygen atoms in total. The summed E-state index contributed by atoms with van der Waals surface area (Å²) in [5.74, 6) is -1.11. The summed E-state index contributed by atoms with van der Waals surface area (Å²) in [6.45, 7) is 13.0. The Hall–Kier alpha value is -3.09. The molecule has 11 heteroatoms. The molecule has 2 N–H and O–H groups in total. The lowest BCUT2D eigenvalue weighted by Gasteiger charge is -2.45. The number of hydrogen-bond acceptors (Lipinski definition) is 9. The van der Waals surface area contributed by atoms with Crippen LogP contribution in [0.25, 0.3) is 0 Å². The molecule has 0 aromatic heterocycles. The second-order valence-corrected chi connectivity index (χ2v) is 25.8. The van der Waals surface area contributed by atoms with Crippen molar-refractivity contribution in [2.45, 2.75) is 256 Å². The largest absolute Gasteiger partial charge is 0.462 e. The fourth-order valence-electron chi connectivity index (χ4n) is 8.75. The minimum Gasteiger partial charge on any atom is -0.462 e. The topological polar surface area (TPSA) is 130 Å². The molecule has 2 aromatic carbocycles. The predicted octanol–water partition coefficient (Wildman–Crippen LogP) is 13.3. The number of amides is 1. The SMILES string of the molecule is CCCCCCCCCCC[C@H](CC(=O)N[C@H]1[C@H](OC)O[C@H](CO[Si](C)(C)C(C)(C)C)[C@@H](O)[C@@H]1OC(=O)CCCCCCCCc1ccccc1)OC(=O)CCCCCCCCc1ccccc1. The smallest absolute Gasteiger partial charge is 0.306 e. The molecule has 386 valence electrons. The molecular formula is C57H95NO9Si. The van der Waals surface area contributed by atoms with E-state index >= 15 is 0 Å². The standard InChI is InChI=1S/C57H95NO9Si/c1-8-9-10-11-12-13-14-21-32-41-48(65-51(60)42-33-22-17-15-19-26-35-46-37-28-24-29-38-46)44-50(59)58-53-55(54(62)49(66-56(53)63-5)45-64-68(6,7)57(2,3)4)67-52(61)43-34-23-18-16-20-27-36-47-39-30-25-31-40-47/h24-25,28-31,37-40,48-49,53-56,62H,8-23,26-27,32-36,41-45H2,1-7H3,(H,58,59)/t48-,49-,53-,54-,55-,56-/m1/s1. The number of carbonyl (C=O) groups is 3. The van der Waals surface area contributed by atoms with Crippen LogP contribution in [0.2, 0.25) is 18.1 Å². The minimum absolute atomic E-state index is 0.0584. The van der Waals surface area contributed by atoms with Crippen LogP contribution in [-0.4, -0.2) is 81.7 Å². The van der Waals surface area contributed by atoms with Crippen molar-refractivity contribution in [1.82, 2.24) is 5.32 Å². The van der Waals surface area contributed by atoms with E-state index in [2.05, 4.69) is 101 Å². The highest BCUT2D eigenvalue weighted by molar-refractivity contribution is 6.74. The monoisotopic (exact) mass is 966 g/mol. The molecular weight excluding hydrogens is 871 g/mol. The van der Waals surface area contributed by atoms with Crippen molar-refractivity contribution in [1.29, 1.82) is 0 Å². The van der Waals surface area contributed by atoms with Crippen molar-refractivity contribution in [2.75, 3.05) is 13.7 Å². The first-order chi connectivity index (χ1) is 32.7. The summed E-state index contributed by atoms with van der Waals surface area (Å²) in [6.07, 6.45) is 21.0. The van der Waals surface area contributed by atoms with Gasteiger partial charge < -0.3 is 33.8 Å². The van der Waals surface area contributed by atoms with Gasteiger partial charge in [0, 0.05) is 20.0 Å². The third-order valence-electron chi connectivity index (χ3n) is 14.1. The van der Waals surface area contributed by atoms with Gasteiger partial charge in [-0.05, 0) is 80.6 Å². The van der Waals surface area contributed by atoms with Crippen molar-refractivity contribution in [3.8, 4) is 0 Å². The molecule has 0 radical (unpaired) electrons. The molecule has 68 heavy (non-hydrogen) atoms. The summed E-state index contributed by atoms with van der Waals surface area (Å²) in [6, 6.07) is 20.1. The molecule has 0 unspecified atom stereocenters. The van der Waals surface area contributed by atoms with Crippen LogP contribution in [0.5, 0.6) is 0 Å². The molecule has 0 bridgehead atoms. The Morgan fingerprint density at radius 1 is 0.676 bits per heavy atom. The number of ether oxygens (including phenoxy) is 4. The molecule has 1 amide bonds. The quantitative estimate of drug-likeness (QED) is 0.0386. The van der Waals surface area contributed by atoms with Crippen LogP contribution in [0.4, 0.5) is 0 Å². The molecule has 1 saturated heterocycles. The molecule has 6 atom stereocenters. The Bertz CT molecular complexity index is 1620. The highest BCUT2D eigenvalue weighted by Crippen LogP contribution is 2.37. The highest BCUT2D eigenvalue weighted by Gasteiger charge is 2.49. The van der Waals surface area contributed by atoms with Crippen molar-refractivity contribution < 1.29 is 42.9 Å². The van der Waals surface area contributed by atoms with Gasteiger partial charge in [0.15, 0.2) is 20.7 Å². The number of benzene rings is 2. The van der Waals surface area contributed by atoms with Crippen molar-refractivity contribution in [3.05, 3.63) is 71.8 Å². The van der Waals surface area contributed by atoms with E-state index in [1.54, 1.807) is 0 Å². The van der Waals surface area contributed by atoms with Crippen LogP contribution in [0.3, 0.4) is 0 Å². The summed E-state index contributed by atoms with van der Waals surface area (Å²) < 4.78 is 30.7. The molecule has 3 rings (SSSR count). The maximum atomic E-state index is 14.0. The van der Waals surface area contributed by atoms with E-state index in [4.69, 9.17) is 23.4 Å². The van der Waals surface area contributed by atoms with Gasteiger partial charge >= 0.3 is 11.9 Å². The molecule has 0 saturated carbocycles. The molecule has 1 aliphatic rings. The van der Waals surface area contributed by atoms with Crippen LogP contribution in [0, 0.1) is 0 Å². The molecule has 0 spiro atoms. The molecule has 1 fully saturated rings. The average molecular weight is 966 g/mol. The minimum atomic E-state index is -2.24. The van der Waals surface area contributed by atoms with Gasteiger partial charge in [0.05, 0.1) is 13.0 Å². The Labute approximate surface area is 414 Å². The fraction of sp³-hybridized carbons (Fsp3) is 0.737. The Kier molecular flexibility index (Phi) is 29.8. The number of aliphatic hydroxyl groups excluding tert-OH is 1. The zero-order chi connectivity index (χ0) is 49.5. The molecule has 1 heterocycles. The zero-order valence-corrected chi connectivity index (χ0v) is 44.7. The van der Waals surface area contributed by atoms with Gasteiger partial charge in [0.1, 0.15) is 24.4 Å². The third kappa shape index (κ3) is 24.6. The highest BCUT2D eigenvalue weighted by atomic mass is 28.4. The maximum Gasteiger partial charge on any atom is 0.306 e. The number of rotatable bonds is 37. The van der Waals surface area contributed by atoms with Gasteiger partial charge in [-0.15, -0.1) is 0 Å². The zero-order valence-electron chi connectivity index (χ0n) is 43.7. The third-order valence-corrected chi connectivity index (χ3v) is 18.6. The summed E-state index contributed by atoms with van der Waals surface area (Å²) in [7, 11) is -0.760. The summed E-state index contributed by atoms with van der Waals surface area (Å²) in [4.78, 5) is 40.8. The van der Waals surface area contributed by atoms with Crippen LogP contribution < -0.4 is 5.32 Å². The van der Waals surface area contributed by atoms with Gasteiger partial charge in [0.2, 0.25) is 5.91 Å². The molecule has 1 aliphatic heterocycles. The Morgan fingerprint density at radius 2 is 1.15 bits per heavy atom. The van der Waals surface area contributed by atoms with Crippen LogP contribution in [0.15, 0.2) is 60.7 Å². The van der Waals surface area contributed by atoms with Crippen LogP contribution >= 0.6 is 0 Å². The number of unbranched alkanes of at least 4 members (excludes halogenated alkanes) is 18. The second kappa shape index (κ2) is 34.3. The lowest BCUT2D eigenvalue weighted by molar-refractivity contribution is -0.266. The van der Waals surface area contributed by atoms with Gasteiger partial charge in [-0.2, -0.15) is 0 Å². The fourth-order valence-corrected chi connectivity index (χ4v) is 9.76. The van der Waals surface area contributed by atoms with E-state index in [0.29, 0.717) is 19.3 Å². The Morgan fingerprint density at radius 3 is 1.65 bits per heavy atom. The number of hydrogen-bond donors (Lipinski definition) is 2. The second-order valence-electron chi connectivity index (χ2n) is 21.0. The number of aliphatic hydroxyl groups is 1. The number of nitrogens with one attached hydrogen (secondary N) is 1. The number of carbonyl (C=O) groups excluding carboxylic acids is 3.